The standard InChI is InChI=1S/C13H18N2O3/c1-8-7-15(4-3-12(8)17)13(18)11-5-10(6-14-11)9(2)16/h5-6,8,12,14,17H,3-4,7H2,1-2H3. The third kappa shape index (κ3) is 2.46. The van der Waals surface area contributed by atoms with Crippen LogP contribution in [0.25, 0.3) is 0 Å². The average molecular weight is 250 g/mol. The van der Waals surface area contributed by atoms with Gasteiger partial charge in [-0.15, -0.1) is 0 Å². The van der Waals surface area contributed by atoms with Gasteiger partial charge in [-0.3, -0.25) is 9.59 Å². The first-order valence-electron chi connectivity index (χ1n) is 6.15. The number of H-pyrrole nitrogens is 1. The molecule has 2 atom stereocenters. The smallest absolute Gasteiger partial charge is 0.270 e. The minimum absolute atomic E-state index is 0.0623. The van der Waals surface area contributed by atoms with Crippen LogP contribution in [0.3, 0.4) is 0 Å². The van der Waals surface area contributed by atoms with E-state index in [-0.39, 0.29) is 23.7 Å². The highest BCUT2D eigenvalue weighted by Crippen LogP contribution is 2.18. The maximum absolute atomic E-state index is 12.2. The van der Waals surface area contributed by atoms with Gasteiger partial charge in [0.05, 0.1) is 6.10 Å². The number of Topliss-reactive ketones (excluding diaryl/α,β-unsaturated/α-hetero) is 1. The molecule has 1 aromatic rings. The van der Waals surface area contributed by atoms with Crippen LogP contribution in [0.1, 0.15) is 41.1 Å². The molecule has 0 bridgehead atoms. The molecule has 0 radical (unpaired) electrons. The van der Waals surface area contributed by atoms with Crippen molar-refractivity contribution in [3.8, 4) is 0 Å². The summed E-state index contributed by atoms with van der Waals surface area (Å²) in [5, 5.41) is 9.63. The predicted molar refractivity (Wildman–Crippen MR) is 66.5 cm³/mol. The Morgan fingerprint density at radius 1 is 1.50 bits per heavy atom. The summed E-state index contributed by atoms with van der Waals surface area (Å²) in [6.45, 7) is 4.50. The van der Waals surface area contributed by atoms with Crippen molar-refractivity contribution in [1.82, 2.24) is 9.88 Å². The van der Waals surface area contributed by atoms with Crippen LogP contribution in [0.2, 0.25) is 0 Å². The summed E-state index contributed by atoms with van der Waals surface area (Å²) in [5.74, 6) is -0.0843. The lowest BCUT2D eigenvalue weighted by molar-refractivity contribution is 0.0294. The number of aromatic nitrogens is 1. The molecule has 1 fully saturated rings. The first-order valence-corrected chi connectivity index (χ1v) is 6.15. The van der Waals surface area contributed by atoms with Gasteiger partial charge in [0.1, 0.15) is 5.69 Å². The Hall–Kier alpha value is -1.62. The third-order valence-corrected chi connectivity index (χ3v) is 3.47. The second-order valence-corrected chi connectivity index (χ2v) is 4.94. The molecule has 2 N–H and O–H groups in total. The fourth-order valence-electron chi connectivity index (χ4n) is 2.21. The quantitative estimate of drug-likeness (QED) is 0.771. The van der Waals surface area contributed by atoms with E-state index >= 15 is 0 Å². The third-order valence-electron chi connectivity index (χ3n) is 3.47. The summed E-state index contributed by atoms with van der Waals surface area (Å²) >= 11 is 0. The molecule has 5 nitrogen and oxygen atoms in total. The molecular formula is C13H18N2O3. The second-order valence-electron chi connectivity index (χ2n) is 4.94. The van der Waals surface area contributed by atoms with E-state index in [9.17, 15) is 14.7 Å². The van der Waals surface area contributed by atoms with E-state index in [1.54, 1.807) is 17.2 Å². The van der Waals surface area contributed by atoms with E-state index in [0.717, 1.165) is 0 Å². The first kappa shape index (κ1) is 12.8. The van der Waals surface area contributed by atoms with Gasteiger partial charge in [-0.2, -0.15) is 0 Å². The Morgan fingerprint density at radius 3 is 2.78 bits per heavy atom. The number of ketones is 1. The van der Waals surface area contributed by atoms with Crippen molar-refractivity contribution in [1.29, 1.82) is 0 Å². The van der Waals surface area contributed by atoms with E-state index in [0.29, 0.717) is 30.8 Å². The minimum Gasteiger partial charge on any atom is -0.393 e. The van der Waals surface area contributed by atoms with Crippen molar-refractivity contribution in [2.75, 3.05) is 13.1 Å². The van der Waals surface area contributed by atoms with Crippen molar-refractivity contribution >= 4 is 11.7 Å². The lowest BCUT2D eigenvalue weighted by Gasteiger charge is -2.34. The highest BCUT2D eigenvalue weighted by molar-refractivity contribution is 5.99. The van der Waals surface area contributed by atoms with Gasteiger partial charge in [0.15, 0.2) is 5.78 Å². The number of amides is 1. The number of piperidine rings is 1. The van der Waals surface area contributed by atoms with Crippen molar-refractivity contribution in [2.24, 2.45) is 5.92 Å². The summed E-state index contributed by atoms with van der Waals surface area (Å²) in [6, 6.07) is 1.58. The molecule has 98 valence electrons. The molecule has 5 heteroatoms. The van der Waals surface area contributed by atoms with Gasteiger partial charge in [0.25, 0.3) is 5.91 Å². The molecule has 1 aliphatic heterocycles. The van der Waals surface area contributed by atoms with Crippen LogP contribution in [0.5, 0.6) is 0 Å². The lowest BCUT2D eigenvalue weighted by Crippen LogP contribution is -2.45. The molecule has 2 unspecified atom stereocenters. The van der Waals surface area contributed by atoms with Gasteiger partial charge >= 0.3 is 0 Å². The van der Waals surface area contributed by atoms with Crippen LogP contribution >= 0.6 is 0 Å². The molecule has 1 aliphatic rings. The van der Waals surface area contributed by atoms with Crippen molar-refractivity contribution in [2.45, 2.75) is 26.4 Å². The molecule has 1 aromatic heterocycles. The summed E-state index contributed by atoms with van der Waals surface area (Å²) < 4.78 is 0. The number of hydrogen-bond donors (Lipinski definition) is 2. The molecule has 0 aliphatic carbocycles. The van der Waals surface area contributed by atoms with Gasteiger partial charge in [0, 0.05) is 24.8 Å². The van der Waals surface area contributed by atoms with Gasteiger partial charge in [-0.25, -0.2) is 0 Å². The second kappa shape index (κ2) is 4.94. The predicted octanol–water partition coefficient (Wildman–Crippen LogP) is 1.06. The molecule has 1 saturated heterocycles. The van der Waals surface area contributed by atoms with E-state index < -0.39 is 0 Å². The number of nitrogens with zero attached hydrogens (tertiary/aromatic N) is 1. The summed E-state index contributed by atoms with van der Waals surface area (Å²) in [4.78, 5) is 27.9. The van der Waals surface area contributed by atoms with Crippen molar-refractivity contribution in [3.63, 3.8) is 0 Å². The number of carbonyl (C=O) groups is 2. The molecule has 18 heavy (non-hydrogen) atoms. The molecule has 2 heterocycles. The summed E-state index contributed by atoms with van der Waals surface area (Å²) in [7, 11) is 0. The van der Waals surface area contributed by atoms with Gasteiger partial charge < -0.3 is 15.0 Å². The molecular weight excluding hydrogens is 232 g/mol. The van der Waals surface area contributed by atoms with Crippen LogP contribution in [0, 0.1) is 5.92 Å². The number of aromatic amines is 1. The van der Waals surface area contributed by atoms with Crippen molar-refractivity contribution in [3.05, 3.63) is 23.5 Å². The number of carbonyl (C=O) groups excluding carboxylic acids is 2. The number of hydrogen-bond acceptors (Lipinski definition) is 3. The van der Waals surface area contributed by atoms with Crippen LogP contribution in [0.15, 0.2) is 12.3 Å². The fraction of sp³-hybridized carbons (Fsp3) is 0.538. The van der Waals surface area contributed by atoms with Crippen LogP contribution in [-0.2, 0) is 0 Å². The van der Waals surface area contributed by atoms with E-state index in [1.165, 1.54) is 6.92 Å². The minimum atomic E-state index is -0.328. The maximum atomic E-state index is 12.2. The number of nitrogens with one attached hydrogen (secondary N) is 1. The number of aliphatic hydroxyl groups excluding tert-OH is 1. The number of likely N-dealkylation sites (tertiary alicyclic amines) is 1. The monoisotopic (exact) mass is 250 g/mol. The van der Waals surface area contributed by atoms with E-state index in [2.05, 4.69) is 4.98 Å². The Morgan fingerprint density at radius 2 is 2.22 bits per heavy atom. The topological polar surface area (TPSA) is 73.4 Å². The van der Waals surface area contributed by atoms with Gasteiger partial charge in [0.2, 0.25) is 0 Å². The fourth-order valence-corrected chi connectivity index (χ4v) is 2.21. The maximum Gasteiger partial charge on any atom is 0.270 e. The molecule has 1 amide bonds. The average Bonchev–Trinajstić information content (AvgIpc) is 2.81. The van der Waals surface area contributed by atoms with Crippen LogP contribution < -0.4 is 0 Å². The lowest BCUT2D eigenvalue weighted by atomic mass is 9.96. The summed E-state index contributed by atoms with van der Waals surface area (Å²) in [6.07, 6.45) is 1.83. The Bertz CT molecular complexity index is 467. The molecule has 0 spiro atoms. The first-order chi connectivity index (χ1) is 8.49. The number of aliphatic hydroxyl groups is 1. The van der Waals surface area contributed by atoms with Crippen LogP contribution in [-0.4, -0.2) is 45.9 Å². The highest BCUT2D eigenvalue weighted by Gasteiger charge is 2.28. The Labute approximate surface area is 106 Å². The highest BCUT2D eigenvalue weighted by atomic mass is 16.3. The number of rotatable bonds is 2. The largest absolute Gasteiger partial charge is 0.393 e. The zero-order valence-electron chi connectivity index (χ0n) is 10.6. The zero-order valence-corrected chi connectivity index (χ0v) is 10.6. The van der Waals surface area contributed by atoms with E-state index in [1.807, 2.05) is 6.92 Å². The Kier molecular flexibility index (Phi) is 3.52. The zero-order chi connectivity index (χ0) is 13.3. The van der Waals surface area contributed by atoms with Gasteiger partial charge in [-0.05, 0) is 25.3 Å². The van der Waals surface area contributed by atoms with Gasteiger partial charge in [-0.1, -0.05) is 6.92 Å². The SMILES string of the molecule is CC(=O)c1c[nH]c(C(=O)N2CCC(O)C(C)C2)c1. The normalized spacial score (nSPS) is 24.1. The van der Waals surface area contributed by atoms with Crippen LogP contribution in [0.4, 0.5) is 0 Å². The molecule has 0 aromatic carbocycles. The molecule has 2 rings (SSSR count). The Balaban J connectivity index is 2.09. The van der Waals surface area contributed by atoms with E-state index in [4.69, 9.17) is 0 Å². The summed E-state index contributed by atoms with van der Waals surface area (Å²) in [5.41, 5.74) is 0.951. The van der Waals surface area contributed by atoms with Crippen molar-refractivity contribution < 1.29 is 14.7 Å². The molecule has 0 saturated carbocycles.